The summed E-state index contributed by atoms with van der Waals surface area (Å²) in [6.07, 6.45) is 1.54. The fourth-order valence-corrected chi connectivity index (χ4v) is 2.21. The summed E-state index contributed by atoms with van der Waals surface area (Å²) in [5, 5.41) is 3.25. The SMILES string of the molecule is Cc1cc(NC(=O)c2ccccc2I)cnc1Cl. The number of aryl methyl sites for hydroxylation is 1. The molecule has 5 heteroatoms. The molecule has 92 valence electrons. The Morgan fingerprint density at radius 2 is 2.11 bits per heavy atom. The molecular formula is C13H10ClIN2O. The molecule has 0 unspecified atom stereocenters. The Bertz CT molecular complexity index is 601. The number of anilines is 1. The summed E-state index contributed by atoms with van der Waals surface area (Å²) in [7, 11) is 0. The van der Waals surface area contributed by atoms with E-state index in [1.54, 1.807) is 18.3 Å². The molecule has 1 heterocycles. The highest BCUT2D eigenvalue weighted by molar-refractivity contribution is 14.1. The second-order valence-electron chi connectivity index (χ2n) is 3.77. The van der Waals surface area contributed by atoms with E-state index in [2.05, 4.69) is 32.9 Å². The van der Waals surface area contributed by atoms with E-state index in [0.717, 1.165) is 9.13 Å². The van der Waals surface area contributed by atoms with Gasteiger partial charge in [0.1, 0.15) is 5.15 Å². The lowest BCUT2D eigenvalue weighted by Gasteiger charge is -2.07. The van der Waals surface area contributed by atoms with Gasteiger partial charge < -0.3 is 5.32 Å². The third-order valence-corrected chi connectivity index (χ3v) is 3.73. The molecule has 0 atom stereocenters. The summed E-state index contributed by atoms with van der Waals surface area (Å²) < 4.78 is 0.909. The maximum Gasteiger partial charge on any atom is 0.256 e. The number of aromatic nitrogens is 1. The van der Waals surface area contributed by atoms with Crippen LogP contribution in [0.25, 0.3) is 0 Å². The molecule has 2 aromatic rings. The molecule has 0 aliphatic carbocycles. The number of pyridine rings is 1. The van der Waals surface area contributed by atoms with Crippen molar-refractivity contribution < 1.29 is 4.79 Å². The van der Waals surface area contributed by atoms with Crippen LogP contribution in [0.5, 0.6) is 0 Å². The van der Waals surface area contributed by atoms with Crippen molar-refractivity contribution in [2.75, 3.05) is 5.32 Å². The smallest absolute Gasteiger partial charge is 0.256 e. The zero-order valence-corrected chi connectivity index (χ0v) is 12.5. The molecule has 0 aliphatic rings. The first kappa shape index (κ1) is 13.3. The quantitative estimate of drug-likeness (QED) is 0.642. The van der Waals surface area contributed by atoms with E-state index in [-0.39, 0.29) is 5.91 Å². The third kappa shape index (κ3) is 3.00. The average molecular weight is 373 g/mol. The fraction of sp³-hybridized carbons (Fsp3) is 0.0769. The van der Waals surface area contributed by atoms with Crippen LogP contribution >= 0.6 is 34.2 Å². The molecule has 1 N–H and O–H groups in total. The Morgan fingerprint density at radius 3 is 2.78 bits per heavy atom. The number of amides is 1. The maximum absolute atomic E-state index is 12.1. The zero-order chi connectivity index (χ0) is 13.1. The van der Waals surface area contributed by atoms with E-state index in [0.29, 0.717) is 16.4 Å². The standard InChI is InChI=1S/C13H10ClIN2O/c1-8-6-9(7-16-12(8)14)17-13(18)10-4-2-3-5-11(10)15/h2-7H,1H3,(H,17,18). The molecule has 1 amide bonds. The number of nitrogens with zero attached hydrogens (tertiary/aromatic N) is 1. The van der Waals surface area contributed by atoms with Gasteiger partial charge in [-0.15, -0.1) is 0 Å². The van der Waals surface area contributed by atoms with Gasteiger partial charge in [-0.3, -0.25) is 4.79 Å². The number of carbonyl (C=O) groups is 1. The van der Waals surface area contributed by atoms with Crippen molar-refractivity contribution in [1.29, 1.82) is 0 Å². The molecular weight excluding hydrogens is 363 g/mol. The van der Waals surface area contributed by atoms with E-state index >= 15 is 0 Å². The van der Waals surface area contributed by atoms with Crippen LogP contribution < -0.4 is 5.32 Å². The number of hydrogen-bond acceptors (Lipinski definition) is 2. The van der Waals surface area contributed by atoms with Gasteiger partial charge in [-0.1, -0.05) is 23.7 Å². The van der Waals surface area contributed by atoms with Crippen LogP contribution in [0.1, 0.15) is 15.9 Å². The lowest BCUT2D eigenvalue weighted by atomic mass is 10.2. The average Bonchev–Trinajstić information content (AvgIpc) is 2.34. The van der Waals surface area contributed by atoms with Gasteiger partial charge in [0, 0.05) is 3.57 Å². The van der Waals surface area contributed by atoms with Crippen LogP contribution in [0.2, 0.25) is 5.15 Å². The summed E-state index contributed by atoms with van der Waals surface area (Å²) in [6, 6.07) is 9.20. The van der Waals surface area contributed by atoms with E-state index < -0.39 is 0 Å². The van der Waals surface area contributed by atoms with Gasteiger partial charge in [-0.25, -0.2) is 4.98 Å². The molecule has 0 fully saturated rings. The van der Waals surface area contributed by atoms with Gasteiger partial charge in [0.05, 0.1) is 17.4 Å². The molecule has 2 rings (SSSR count). The predicted molar refractivity (Wildman–Crippen MR) is 81.1 cm³/mol. The van der Waals surface area contributed by atoms with Crippen molar-refractivity contribution in [2.45, 2.75) is 6.92 Å². The molecule has 0 saturated heterocycles. The Balaban J connectivity index is 2.22. The topological polar surface area (TPSA) is 42.0 Å². The highest BCUT2D eigenvalue weighted by Crippen LogP contribution is 2.18. The molecule has 0 spiro atoms. The molecule has 0 bridgehead atoms. The number of carbonyl (C=O) groups excluding carboxylic acids is 1. The van der Waals surface area contributed by atoms with Crippen LogP contribution in [-0.4, -0.2) is 10.9 Å². The van der Waals surface area contributed by atoms with Gasteiger partial charge >= 0.3 is 0 Å². The summed E-state index contributed by atoms with van der Waals surface area (Å²) in [5.41, 5.74) is 2.12. The molecule has 18 heavy (non-hydrogen) atoms. The monoisotopic (exact) mass is 372 g/mol. The first-order chi connectivity index (χ1) is 8.58. The Hall–Kier alpha value is -1.14. The molecule has 0 saturated carbocycles. The van der Waals surface area contributed by atoms with Crippen LogP contribution in [0.4, 0.5) is 5.69 Å². The van der Waals surface area contributed by atoms with Crippen molar-refractivity contribution in [1.82, 2.24) is 4.98 Å². The van der Waals surface area contributed by atoms with E-state index in [4.69, 9.17) is 11.6 Å². The number of benzene rings is 1. The van der Waals surface area contributed by atoms with Crippen LogP contribution in [0.15, 0.2) is 36.5 Å². The van der Waals surface area contributed by atoms with Crippen LogP contribution in [-0.2, 0) is 0 Å². The summed E-state index contributed by atoms with van der Waals surface area (Å²) >= 11 is 7.97. The van der Waals surface area contributed by atoms with Gasteiger partial charge in [0.15, 0.2) is 0 Å². The van der Waals surface area contributed by atoms with Gasteiger partial charge in [-0.2, -0.15) is 0 Å². The lowest BCUT2D eigenvalue weighted by molar-refractivity contribution is 0.102. The van der Waals surface area contributed by atoms with Gasteiger partial charge in [-0.05, 0) is 53.3 Å². The minimum Gasteiger partial charge on any atom is -0.321 e. The number of nitrogens with one attached hydrogen (secondary N) is 1. The first-order valence-electron chi connectivity index (χ1n) is 5.26. The summed E-state index contributed by atoms with van der Waals surface area (Å²) in [4.78, 5) is 16.1. The largest absolute Gasteiger partial charge is 0.321 e. The number of rotatable bonds is 2. The van der Waals surface area contributed by atoms with Crippen molar-refractivity contribution in [3.8, 4) is 0 Å². The summed E-state index contributed by atoms with van der Waals surface area (Å²) in [6.45, 7) is 1.84. The number of halogens is 2. The maximum atomic E-state index is 12.1. The number of hydrogen-bond donors (Lipinski definition) is 1. The molecule has 3 nitrogen and oxygen atoms in total. The highest BCUT2D eigenvalue weighted by Gasteiger charge is 2.10. The fourth-order valence-electron chi connectivity index (χ4n) is 1.47. The normalized spacial score (nSPS) is 10.2. The van der Waals surface area contributed by atoms with E-state index in [9.17, 15) is 4.79 Å². The Kier molecular flexibility index (Phi) is 4.19. The third-order valence-electron chi connectivity index (χ3n) is 2.39. The minimum atomic E-state index is -0.150. The molecule has 0 aliphatic heterocycles. The van der Waals surface area contributed by atoms with Crippen molar-refractivity contribution in [2.24, 2.45) is 0 Å². The van der Waals surface area contributed by atoms with Crippen molar-refractivity contribution in [3.63, 3.8) is 0 Å². The minimum absolute atomic E-state index is 0.150. The zero-order valence-electron chi connectivity index (χ0n) is 9.58. The molecule has 0 radical (unpaired) electrons. The van der Waals surface area contributed by atoms with E-state index in [1.165, 1.54) is 0 Å². The highest BCUT2D eigenvalue weighted by atomic mass is 127. The lowest BCUT2D eigenvalue weighted by Crippen LogP contribution is -2.13. The summed E-state index contributed by atoms with van der Waals surface area (Å²) in [5.74, 6) is -0.150. The van der Waals surface area contributed by atoms with Gasteiger partial charge in [0.25, 0.3) is 5.91 Å². The predicted octanol–water partition coefficient (Wildman–Crippen LogP) is 3.90. The van der Waals surface area contributed by atoms with Crippen LogP contribution in [0.3, 0.4) is 0 Å². The second-order valence-corrected chi connectivity index (χ2v) is 5.29. The van der Waals surface area contributed by atoms with Crippen molar-refractivity contribution >= 4 is 45.8 Å². The Morgan fingerprint density at radius 1 is 1.39 bits per heavy atom. The Labute approximate surface area is 124 Å². The van der Waals surface area contributed by atoms with Crippen molar-refractivity contribution in [3.05, 3.63) is 56.4 Å². The molecule has 1 aromatic heterocycles. The van der Waals surface area contributed by atoms with Gasteiger partial charge in [0.2, 0.25) is 0 Å². The molecule has 1 aromatic carbocycles. The van der Waals surface area contributed by atoms with E-state index in [1.807, 2.05) is 25.1 Å². The first-order valence-corrected chi connectivity index (χ1v) is 6.71. The van der Waals surface area contributed by atoms with Crippen LogP contribution in [0, 0.1) is 10.5 Å². The second kappa shape index (κ2) is 5.67.